The Kier molecular flexibility index (Phi) is 5.16. The van der Waals surface area contributed by atoms with Gasteiger partial charge in [0.1, 0.15) is 0 Å². The summed E-state index contributed by atoms with van der Waals surface area (Å²) in [6, 6.07) is -50.7. The van der Waals surface area contributed by atoms with Gasteiger partial charge >= 0.3 is 0 Å². The van der Waals surface area contributed by atoms with E-state index in [0.717, 1.165) is 4.57 Å². The lowest BCUT2D eigenvalue weighted by Gasteiger charge is -2.36. The van der Waals surface area contributed by atoms with E-state index in [2.05, 4.69) is 0 Å². The second-order valence-electron chi connectivity index (χ2n) is 20.0. The van der Waals surface area contributed by atoms with E-state index in [-0.39, 0.29) is 20.9 Å². The molecule has 11 aromatic carbocycles. The quantitative estimate of drug-likeness (QED) is 0.144. The minimum atomic E-state index is -1.72. The second kappa shape index (κ2) is 19.0. The molecule has 13 aromatic rings. The molecule has 0 spiro atoms. The van der Waals surface area contributed by atoms with Crippen LogP contribution in [0.5, 0.6) is 0 Å². The summed E-state index contributed by atoms with van der Waals surface area (Å²) in [5, 5.41) is -3.76. The van der Waals surface area contributed by atoms with Crippen LogP contribution in [0.4, 0.5) is 51.2 Å². The van der Waals surface area contributed by atoms with Crippen LogP contribution in [0.1, 0.15) is 110 Å². The van der Waals surface area contributed by atoms with Gasteiger partial charge < -0.3 is 23.8 Å². The number of hydrogen-bond acceptors (Lipinski definition) is 3. The van der Waals surface area contributed by atoms with Crippen LogP contribution in [0.2, 0.25) is 5.02 Å². The van der Waals surface area contributed by atoms with E-state index in [9.17, 15) is 39.8 Å². The smallest absolute Gasteiger partial charge is 0.0888 e. The normalized spacial score (nSPS) is 19.8. The first-order chi connectivity index (χ1) is 56.4. The molecule has 0 bridgehead atoms. The molecule has 0 radical (unpaired) electrons. The molecule has 1 aliphatic heterocycles. The third kappa shape index (κ3) is 8.14. The topological polar surface area (TPSA) is 19.6 Å². The molecular weight excluding hydrogens is 994 g/mol. The van der Waals surface area contributed by atoms with E-state index < -0.39 is 387 Å². The Hall–Kier alpha value is -9.29. The molecule has 0 atom stereocenters. The van der Waals surface area contributed by atoms with Gasteiger partial charge in [-0.2, -0.15) is 0 Å². The molecule has 3 heterocycles. The lowest BCUT2D eigenvalue weighted by Crippen LogP contribution is -2.20. The van der Waals surface area contributed by atoms with Crippen LogP contribution in [-0.2, 0) is 10.8 Å². The molecule has 388 valence electrons. The van der Waals surface area contributed by atoms with Crippen molar-refractivity contribution < 1.29 is 57.6 Å². The number of para-hydroxylation sites is 6. The van der Waals surface area contributed by atoms with E-state index in [1.165, 1.54) is 0 Å². The fourth-order valence-electron chi connectivity index (χ4n) is 9.22. The highest BCUT2D eigenvalue weighted by Crippen LogP contribution is 2.55. The van der Waals surface area contributed by atoms with Crippen molar-refractivity contribution in [3.63, 3.8) is 0 Å². The zero-order chi connectivity index (χ0) is 91.0. The Morgan fingerprint density at radius 1 is 0.350 bits per heavy atom. The fraction of sp³-hybridized carbons (Fsp3) is 0.108. The summed E-state index contributed by atoms with van der Waals surface area (Å²) in [6.45, 7) is 9.49. The van der Waals surface area contributed by atoms with Gasteiger partial charge in [-0.05, 0) is 148 Å². The van der Waals surface area contributed by atoms with Crippen molar-refractivity contribution in [3.05, 3.63) is 270 Å². The zero-order valence-corrected chi connectivity index (χ0v) is 43.4. The van der Waals surface area contributed by atoms with Crippen LogP contribution in [0.15, 0.2) is 254 Å². The number of anilines is 9. The highest BCUT2D eigenvalue weighted by molar-refractivity contribution is 6.37. The average Bonchev–Trinajstić information content (AvgIpc) is 1.46. The molecular formula is C74H60ClN5. The maximum atomic E-state index is 11.2. The summed E-state index contributed by atoms with van der Waals surface area (Å²) in [5.41, 5.74) is -22.5. The molecule has 5 nitrogen and oxygen atoms in total. The number of rotatable bonds is 9. The molecule has 0 unspecified atom stereocenters. The standard InChI is InChI=1S/C74H60ClN5/c1-73(2,3)51-38-42-64-61(44-51)62-45-52(74(4,5)6)39-43-65(62)78(64)57-29-20-28-56(46-57)77(55-40-36-50(37-41-55)49-22-10-7-11-23-49)69-47-58(76(53-24-12-8-13-25-53)54-26-14-9-15-27-54)48-70(71(69)75)79-66-33-18-19-34-67(66)80-63-32-17-16-30-59(63)60-31-21-35-68(79)72(60)80/h7-48H,1-6H3/i7D,8D,9D,10D,11D,12D,13D,14D,15D,16D,17D,18D,19D,20D,21D,22D,23D,24D,25D,26D,27D,28D,29D,30D,31D,32D,33D,34D,35D,36D,37D,38D,39D,40D,41D,42D,43D,44D,45D,46D,47D,48D. The summed E-state index contributed by atoms with van der Waals surface area (Å²) in [6.07, 6.45) is 0. The van der Waals surface area contributed by atoms with Crippen molar-refractivity contribution in [3.8, 4) is 22.5 Å². The Labute approximate surface area is 532 Å². The fourth-order valence-corrected chi connectivity index (χ4v) is 9.49. The van der Waals surface area contributed by atoms with Gasteiger partial charge in [-0.1, -0.05) is 192 Å². The lowest BCUT2D eigenvalue weighted by atomic mass is 9.85. The number of fused-ring (bicyclic) bond motifs is 8. The first kappa shape index (κ1) is 21.7. The number of aromatic nitrogens is 2. The first-order valence-electron chi connectivity index (χ1n) is 45.3. The van der Waals surface area contributed by atoms with Gasteiger partial charge in [0.2, 0.25) is 0 Å². The minimum absolute atomic E-state index is 0.141. The van der Waals surface area contributed by atoms with Crippen LogP contribution in [0, 0.1) is 0 Å². The lowest BCUT2D eigenvalue weighted by molar-refractivity contribution is 0.590. The van der Waals surface area contributed by atoms with E-state index in [0.29, 0.717) is 9.47 Å². The number of halogens is 1. The van der Waals surface area contributed by atoms with Crippen LogP contribution in [0.3, 0.4) is 0 Å². The molecule has 1 aliphatic rings. The summed E-state index contributed by atoms with van der Waals surface area (Å²) in [5.74, 6) is 0. The number of hydrogen-bond donors (Lipinski definition) is 0. The van der Waals surface area contributed by atoms with Gasteiger partial charge in [-0.15, -0.1) is 0 Å². The van der Waals surface area contributed by atoms with Crippen molar-refractivity contribution in [2.45, 2.75) is 52.4 Å². The SMILES string of the molecule is [2H]c1c([2H])c([2H])c(-c2c([2H])c([2H])c(N(c3c([2H])c([2H])c([2H])c(-n4c5c([2H])c([2H])c(C(C)(C)C)c([2H])c5c5c([2H])c(C(C)(C)C)c([2H])c([2H])c54)c3[2H])c3c([2H])c(N(c4c([2H])c([2H])c([2H])c([2H])c4[2H])c4c([2H])c([2H])c([2H])c([2H])c4[2H])c([2H])c(N4c5c([2H])c([2H])c([2H])c([2H])c5-n5c6c([2H])c([2H])c([2H])c([2H])c6c6c([2H])c([2H])c([2H])c4c65)c3Cl)c([2H])c2[2H])c([2H])c1[2H]. The number of nitrogens with zero attached hydrogens (tertiary/aromatic N) is 5. The van der Waals surface area contributed by atoms with Crippen LogP contribution < -0.4 is 14.7 Å². The largest absolute Gasteiger partial charge is 0.310 e. The van der Waals surface area contributed by atoms with Crippen molar-refractivity contribution in [1.29, 1.82) is 0 Å². The second-order valence-corrected chi connectivity index (χ2v) is 20.3. The minimum Gasteiger partial charge on any atom is -0.310 e. The first-order valence-corrected chi connectivity index (χ1v) is 24.7. The van der Waals surface area contributed by atoms with Gasteiger partial charge in [0.25, 0.3) is 0 Å². The molecule has 0 fully saturated rings. The predicted octanol–water partition coefficient (Wildman–Crippen LogP) is 21.5. The Morgan fingerprint density at radius 3 is 1.49 bits per heavy atom. The summed E-state index contributed by atoms with van der Waals surface area (Å²) >= 11 is 8.17. The third-order valence-corrected chi connectivity index (χ3v) is 13.3. The van der Waals surface area contributed by atoms with E-state index in [1.54, 1.807) is 41.5 Å². The van der Waals surface area contributed by atoms with Gasteiger partial charge in [-0.3, -0.25) is 0 Å². The summed E-state index contributed by atoms with van der Waals surface area (Å²) in [4.78, 5) is 0.737. The van der Waals surface area contributed by atoms with Crippen LogP contribution in [0.25, 0.3) is 66.1 Å². The predicted molar refractivity (Wildman–Crippen MR) is 341 cm³/mol. The summed E-state index contributed by atoms with van der Waals surface area (Å²) < 4.78 is 407. The van der Waals surface area contributed by atoms with Crippen molar-refractivity contribution in [2.75, 3.05) is 14.7 Å². The molecule has 0 N–H and O–H groups in total. The highest BCUT2D eigenvalue weighted by atomic mass is 35.5. The average molecular weight is 1100 g/mol. The van der Waals surface area contributed by atoms with E-state index in [4.69, 9.17) is 29.4 Å². The molecule has 0 aliphatic carbocycles. The monoisotopic (exact) mass is 1100 g/mol. The van der Waals surface area contributed by atoms with Crippen LogP contribution >= 0.6 is 11.6 Å². The Balaban J connectivity index is 1.34. The Morgan fingerprint density at radius 2 is 0.850 bits per heavy atom. The zero-order valence-electron chi connectivity index (χ0n) is 84.6. The van der Waals surface area contributed by atoms with Crippen LogP contribution in [-0.4, -0.2) is 9.13 Å². The molecule has 0 saturated heterocycles. The molecule has 0 saturated carbocycles. The molecule has 6 heteroatoms. The third-order valence-electron chi connectivity index (χ3n) is 12.9. The molecule has 80 heavy (non-hydrogen) atoms. The van der Waals surface area contributed by atoms with Gasteiger partial charge in [0.15, 0.2) is 0 Å². The highest BCUT2D eigenvalue weighted by Gasteiger charge is 2.33. The van der Waals surface area contributed by atoms with Gasteiger partial charge in [0.05, 0.1) is 119 Å². The Bertz CT molecular complexity index is 6820. The van der Waals surface area contributed by atoms with E-state index >= 15 is 0 Å². The molecule has 14 rings (SSSR count). The van der Waals surface area contributed by atoms with Gasteiger partial charge in [0, 0.05) is 50.0 Å². The number of benzene rings is 11. The van der Waals surface area contributed by atoms with Crippen molar-refractivity contribution in [1.82, 2.24) is 9.13 Å². The van der Waals surface area contributed by atoms with Crippen molar-refractivity contribution >= 4 is 106 Å². The summed E-state index contributed by atoms with van der Waals surface area (Å²) in [7, 11) is 0. The molecule has 0 amide bonds. The van der Waals surface area contributed by atoms with Crippen molar-refractivity contribution in [2.24, 2.45) is 0 Å². The van der Waals surface area contributed by atoms with Gasteiger partial charge in [-0.25, -0.2) is 0 Å². The maximum Gasteiger partial charge on any atom is 0.0888 e. The van der Waals surface area contributed by atoms with E-state index in [1.807, 2.05) is 0 Å². The molecule has 2 aromatic heterocycles. The maximum absolute atomic E-state index is 11.2.